The third kappa shape index (κ3) is 6.27. The van der Waals surface area contributed by atoms with Gasteiger partial charge in [0.05, 0.1) is 12.2 Å². The van der Waals surface area contributed by atoms with Crippen molar-refractivity contribution in [2.24, 2.45) is 32.9 Å². The van der Waals surface area contributed by atoms with Gasteiger partial charge in [0.25, 0.3) is 0 Å². The van der Waals surface area contributed by atoms with Crippen molar-refractivity contribution in [3.05, 3.63) is 11.1 Å². The molecule has 0 radical (unpaired) electrons. The number of amidine groups is 2. The van der Waals surface area contributed by atoms with Crippen molar-refractivity contribution in [1.82, 2.24) is 4.98 Å². The first-order valence-electron chi connectivity index (χ1n) is 4.33. The van der Waals surface area contributed by atoms with Crippen molar-refractivity contribution in [3.8, 4) is 0 Å². The van der Waals surface area contributed by atoms with Gasteiger partial charge in [-0.2, -0.15) is 4.99 Å². The minimum atomic E-state index is -0.106. The third-order valence-electron chi connectivity index (χ3n) is 1.38. The summed E-state index contributed by atoms with van der Waals surface area (Å²) in [6.07, 6.45) is 0. The van der Waals surface area contributed by atoms with Crippen molar-refractivity contribution in [3.63, 3.8) is 0 Å². The summed E-state index contributed by atoms with van der Waals surface area (Å²) < 4.78 is 0. The van der Waals surface area contributed by atoms with Crippen LogP contribution in [0.2, 0.25) is 0 Å². The van der Waals surface area contributed by atoms with Gasteiger partial charge in [-0.15, -0.1) is 23.7 Å². The fourth-order valence-corrected chi connectivity index (χ4v) is 1.89. The van der Waals surface area contributed by atoms with Crippen molar-refractivity contribution < 1.29 is 0 Å². The maximum Gasteiger partial charge on any atom is 0.212 e. The molecule has 0 saturated carbocycles. The number of thioether (sulfide) groups is 1. The van der Waals surface area contributed by atoms with Crippen molar-refractivity contribution in [2.75, 3.05) is 0 Å². The van der Waals surface area contributed by atoms with Crippen LogP contribution in [-0.4, -0.2) is 21.3 Å². The maximum absolute atomic E-state index is 7.01. The topological polar surface area (TPSA) is 166 Å². The molecule has 18 heavy (non-hydrogen) atoms. The van der Waals surface area contributed by atoms with E-state index in [0.717, 1.165) is 11.8 Å². The molecule has 0 aromatic carbocycles. The molecule has 11 heteroatoms. The van der Waals surface area contributed by atoms with Crippen molar-refractivity contribution >= 4 is 56.9 Å². The van der Waals surface area contributed by atoms with Crippen LogP contribution >= 0.6 is 35.5 Å². The van der Waals surface area contributed by atoms with E-state index in [1.807, 2.05) is 0 Å². The first-order valence-corrected chi connectivity index (χ1v) is 6.03. The Kier molecular flexibility index (Phi) is 7.08. The molecule has 8 nitrogen and oxygen atoms in total. The van der Waals surface area contributed by atoms with Crippen LogP contribution < -0.4 is 22.9 Å². The Morgan fingerprint density at radius 2 is 2.06 bits per heavy atom. The van der Waals surface area contributed by atoms with Gasteiger partial charge in [0.1, 0.15) is 0 Å². The van der Waals surface area contributed by atoms with Gasteiger partial charge in [-0.25, -0.2) is 4.98 Å². The van der Waals surface area contributed by atoms with Gasteiger partial charge in [0.2, 0.25) is 5.13 Å². The zero-order chi connectivity index (χ0) is 12.8. The van der Waals surface area contributed by atoms with Gasteiger partial charge >= 0.3 is 0 Å². The number of thiazole rings is 1. The van der Waals surface area contributed by atoms with Crippen molar-refractivity contribution in [2.45, 2.75) is 6.54 Å². The molecule has 9 N–H and O–H groups in total. The van der Waals surface area contributed by atoms with E-state index >= 15 is 0 Å². The lowest BCUT2D eigenvalue weighted by atomic mass is 10.5. The number of rotatable bonds is 3. The van der Waals surface area contributed by atoms with E-state index in [9.17, 15) is 0 Å². The monoisotopic (exact) mass is 308 g/mol. The highest BCUT2D eigenvalue weighted by Crippen LogP contribution is 2.18. The number of nitrogens with two attached hydrogens (primary N) is 4. The second-order valence-corrected chi connectivity index (χ2v) is 4.68. The van der Waals surface area contributed by atoms with Crippen LogP contribution in [0.5, 0.6) is 0 Å². The first kappa shape index (κ1) is 16.5. The van der Waals surface area contributed by atoms with Crippen LogP contribution in [0.25, 0.3) is 0 Å². The molecule has 0 fully saturated rings. The number of halogens is 1. The lowest BCUT2D eigenvalue weighted by Crippen LogP contribution is -2.21. The molecule has 1 aromatic rings. The number of nitrogens with zero attached hydrogens (tertiary/aromatic N) is 3. The van der Waals surface area contributed by atoms with Gasteiger partial charge in [-0.3, -0.25) is 10.4 Å². The maximum atomic E-state index is 7.01. The zero-order valence-corrected chi connectivity index (χ0v) is 11.6. The molecule has 0 bridgehead atoms. The molecule has 0 aliphatic rings. The van der Waals surface area contributed by atoms with Crippen LogP contribution in [0.3, 0.4) is 0 Å². The molecule has 100 valence electrons. The Labute approximate surface area is 118 Å². The van der Waals surface area contributed by atoms with E-state index < -0.39 is 0 Å². The third-order valence-corrected chi connectivity index (χ3v) is 2.72. The minimum Gasteiger partial charge on any atom is -0.378 e. The molecule has 0 aliphatic heterocycles. The summed E-state index contributed by atoms with van der Waals surface area (Å²) in [7, 11) is 0. The Balaban J connectivity index is 0.00000289. The Morgan fingerprint density at radius 3 is 2.61 bits per heavy atom. The van der Waals surface area contributed by atoms with Gasteiger partial charge < -0.3 is 22.9 Å². The number of aliphatic imine (C=N–C) groups is 2. The molecule has 1 aromatic heterocycles. The number of nitrogens with one attached hydrogen (secondary N) is 1. The van der Waals surface area contributed by atoms with E-state index in [4.69, 9.17) is 28.3 Å². The summed E-state index contributed by atoms with van der Waals surface area (Å²) in [5.41, 5.74) is 21.8. The molecule has 0 saturated heterocycles. The lowest BCUT2D eigenvalue weighted by Gasteiger charge is -1.96. The normalized spacial score (nSPS) is 10.6. The average Bonchev–Trinajstić information content (AvgIpc) is 2.60. The predicted octanol–water partition coefficient (Wildman–Crippen LogP) is -0.0888. The van der Waals surface area contributed by atoms with Crippen molar-refractivity contribution in [1.29, 1.82) is 5.41 Å². The molecular weight excluding hydrogens is 296 g/mol. The highest BCUT2D eigenvalue weighted by molar-refractivity contribution is 8.26. The Bertz CT molecular complexity index is 464. The van der Waals surface area contributed by atoms with Crippen LogP contribution in [0.1, 0.15) is 5.69 Å². The molecule has 0 spiro atoms. The highest BCUT2D eigenvalue weighted by atomic mass is 35.5. The van der Waals surface area contributed by atoms with E-state index in [1.165, 1.54) is 11.3 Å². The smallest absolute Gasteiger partial charge is 0.212 e. The average molecular weight is 309 g/mol. The van der Waals surface area contributed by atoms with E-state index in [-0.39, 0.29) is 28.7 Å². The summed E-state index contributed by atoms with van der Waals surface area (Å²) >= 11 is 2.19. The SMILES string of the molecule is Cl.N=C(N)SC(N)=NCc1csc(N=C(N)N)n1. The Hall–Kier alpha value is -1.52. The van der Waals surface area contributed by atoms with Crippen LogP contribution in [0.4, 0.5) is 5.13 Å². The molecule has 0 atom stereocenters. The predicted molar refractivity (Wildman–Crippen MR) is 79.7 cm³/mol. The molecule has 0 aliphatic carbocycles. The van der Waals surface area contributed by atoms with Gasteiger partial charge in [-0.1, -0.05) is 0 Å². The fourth-order valence-electron chi connectivity index (χ4n) is 0.835. The number of hydrogen-bond donors (Lipinski definition) is 5. The van der Waals surface area contributed by atoms with Gasteiger partial charge in [-0.05, 0) is 11.8 Å². The second kappa shape index (κ2) is 7.74. The quantitative estimate of drug-likeness (QED) is 0.386. The summed E-state index contributed by atoms with van der Waals surface area (Å²) in [5, 5.41) is 9.36. The number of aromatic nitrogens is 1. The van der Waals surface area contributed by atoms with Gasteiger partial charge in [0, 0.05) is 5.38 Å². The van der Waals surface area contributed by atoms with Gasteiger partial charge in [0.15, 0.2) is 16.3 Å². The number of guanidine groups is 1. The first-order chi connectivity index (χ1) is 7.97. The molecule has 1 rings (SSSR count). The van der Waals surface area contributed by atoms with E-state index in [1.54, 1.807) is 5.38 Å². The standard InChI is InChI=1S/C7H12N8S2.ClH/c8-4(9)15-7-14-3(2-16-7)1-13-6(12)17-5(10)11;/h2H,1H2,(H3,10,11)(H2,12,13)(H4,8,9,14,15);1H. The van der Waals surface area contributed by atoms with E-state index in [0.29, 0.717) is 17.4 Å². The zero-order valence-electron chi connectivity index (χ0n) is 9.16. The number of hydrogen-bond acceptors (Lipinski definition) is 6. The molecule has 0 unspecified atom stereocenters. The van der Waals surface area contributed by atoms with Crippen LogP contribution in [0.15, 0.2) is 15.4 Å². The van der Waals surface area contributed by atoms with E-state index in [2.05, 4.69) is 15.0 Å². The molecule has 0 amide bonds. The van der Waals surface area contributed by atoms with Crippen LogP contribution in [-0.2, 0) is 6.54 Å². The summed E-state index contributed by atoms with van der Waals surface area (Å²) in [5.74, 6) is -0.0407. The summed E-state index contributed by atoms with van der Waals surface area (Å²) in [6.45, 7) is 0.294. The van der Waals surface area contributed by atoms with Crippen LogP contribution in [0, 0.1) is 5.41 Å². The fraction of sp³-hybridized carbons (Fsp3) is 0.143. The Morgan fingerprint density at radius 1 is 1.39 bits per heavy atom. The minimum absolute atomic E-state index is 0. The largest absolute Gasteiger partial charge is 0.378 e. The lowest BCUT2D eigenvalue weighted by molar-refractivity contribution is 1.01. The summed E-state index contributed by atoms with van der Waals surface area (Å²) in [6, 6.07) is 0. The second-order valence-electron chi connectivity index (χ2n) is 2.78. The highest BCUT2D eigenvalue weighted by Gasteiger charge is 2.01. The molecular formula is C7H13ClN8S2. The molecule has 1 heterocycles. The summed E-state index contributed by atoms with van der Waals surface area (Å²) in [4.78, 5) is 11.9.